The summed E-state index contributed by atoms with van der Waals surface area (Å²) in [6.45, 7) is 2.85. The third-order valence-corrected chi connectivity index (χ3v) is 4.41. The molecular weight excluding hydrogens is 342 g/mol. The van der Waals surface area contributed by atoms with Gasteiger partial charge in [0, 0.05) is 37.9 Å². The molecule has 138 valence electrons. The minimum absolute atomic E-state index is 0.00911. The van der Waals surface area contributed by atoms with Crippen molar-refractivity contribution in [3.8, 4) is 17.6 Å². The van der Waals surface area contributed by atoms with Gasteiger partial charge in [0.1, 0.15) is 17.6 Å². The predicted molar refractivity (Wildman–Crippen MR) is 103 cm³/mol. The van der Waals surface area contributed by atoms with Crippen molar-refractivity contribution in [2.75, 3.05) is 37.7 Å². The molecule has 1 aliphatic rings. The van der Waals surface area contributed by atoms with Crippen molar-refractivity contribution in [2.24, 2.45) is 0 Å². The van der Waals surface area contributed by atoms with Crippen molar-refractivity contribution in [3.63, 3.8) is 0 Å². The normalized spacial score (nSPS) is 14.2. The quantitative estimate of drug-likeness (QED) is 0.827. The highest BCUT2D eigenvalue weighted by molar-refractivity contribution is 5.92. The van der Waals surface area contributed by atoms with Gasteiger partial charge in [-0.1, -0.05) is 12.1 Å². The zero-order valence-corrected chi connectivity index (χ0v) is 14.9. The smallest absolute Gasteiger partial charge is 0.246 e. The summed E-state index contributed by atoms with van der Waals surface area (Å²) in [7, 11) is 0. The molecule has 27 heavy (non-hydrogen) atoms. The van der Waals surface area contributed by atoms with E-state index in [1.54, 1.807) is 36.4 Å². The van der Waals surface area contributed by atoms with Crippen LogP contribution in [0.4, 0.5) is 5.69 Å². The molecule has 6 nitrogen and oxygen atoms in total. The number of hydrogen-bond donors (Lipinski definition) is 1. The van der Waals surface area contributed by atoms with Crippen LogP contribution in [0.25, 0.3) is 6.08 Å². The molecule has 1 amide bonds. The number of phenolic OH excluding ortho intramolecular Hbond substituents is 1. The Morgan fingerprint density at radius 1 is 1.07 bits per heavy atom. The van der Waals surface area contributed by atoms with Crippen LogP contribution in [0.3, 0.4) is 0 Å². The van der Waals surface area contributed by atoms with Gasteiger partial charge < -0.3 is 19.6 Å². The number of phenols is 1. The zero-order valence-electron chi connectivity index (χ0n) is 14.9. The molecule has 1 heterocycles. The van der Waals surface area contributed by atoms with Crippen molar-refractivity contribution < 1.29 is 14.6 Å². The number of benzene rings is 2. The summed E-state index contributed by atoms with van der Waals surface area (Å²) >= 11 is 0. The van der Waals surface area contributed by atoms with E-state index in [4.69, 9.17) is 10.00 Å². The van der Waals surface area contributed by atoms with Gasteiger partial charge in [-0.25, -0.2) is 0 Å². The first-order valence-electron chi connectivity index (χ1n) is 8.76. The summed E-state index contributed by atoms with van der Waals surface area (Å²) in [6.07, 6.45) is 3.37. The molecule has 0 atom stereocenters. The van der Waals surface area contributed by atoms with E-state index in [2.05, 4.69) is 4.90 Å². The number of piperazine rings is 1. The second kappa shape index (κ2) is 8.77. The maximum atomic E-state index is 12.4. The first-order chi connectivity index (χ1) is 13.2. The predicted octanol–water partition coefficient (Wildman–Crippen LogP) is 2.66. The molecule has 1 N–H and O–H groups in total. The number of nitriles is 1. The van der Waals surface area contributed by atoms with Gasteiger partial charge in [-0.05, 0) is 48.0 Å². The summed E-state index contributed by atoms with van der Waals surface area (Å²) in [5, 5.41) is 17.9. The molecule has 1 fully saturated rings. The Balaban J connectivity index is 1.51. The van der Waals surface area contributed by atoms with Gasteiger partial charge in [0.05, 0.1) is 0 Å². The lowest BCUT2D eigenvalue weighted by Crippen LogP contribution is -2.48. The fraction of sp³-hybridized carbons (Fsp3) is 0.238. The maximum absolute atomic E-state index is 12.4. The number of aromatic hydroxyl groups is 1. The van der Waals surface area contributed by atoms with Gasteiger partial charge in [-0.3, -0.25) is 4.79 Å². The van der Waals surface area contributed by atoms with Crippen molar-refractivity contribution in [3.05, 3.63) is 60.2 Å². The molecule has 0 unspecified atom stereocenters. The van der Waals surface area contributed by atoms with Crippen molar-refractivity contribution in [1.82, 2.24) is 4.90 Å². The van der Waals surface area contributed by atoms with Gasteiger partial charge in [0.15, 0.2) is 6.61 Å². The van der Waals surface area contributed by atoms with E-state index in [-0.39, 0.29) is 18.3 Å². The molecule has 3 rings (SSSR count). The molecule has 0 bridgehead atoms. The van der Waals surface area contributed by atoms with Gasteiger partial charge >= 0.3 is 0 Å². The molecule has 0 radical (unpaired) electrons. The monoisotopic (exact) mass is 363 g/mol. The van der Waals surface area contributed by atoms with E-state index in [1.807, 2.05) is 35.2 Å². The van der Waals surface area contributed by atoms with Crippen LogP contribution in [-0.4, -0.2) is 48.7 Å². The van der Waals surface area contributed by atoms with Crippen molar-refractivity contribution in [2.45, 2.75) is 0 Å². The van der Waals surface area contributed by atoms with E-state index in [0.717, 1.165) is 24.3 Å². The van der Waals surface area contributed by atoms with Crippen LogP contribution < -0.4 is 9.64 Å². The summed E-state index contributed by atoms with van der Waals surface area (Å²) < 4.78 is 5.21. The molecule has 0 saturated carbocycles. The summed E-state index contributed by atoms with van der Waals surface area (Å²) in [5.41, 5.74) is 1.95. The Labute approximate surface area is 158 Å². The summed E-state index contributed by atoms with van der Waals surface area (Å²) in [4.78, 5) is 16.4. The Bertz CT molecular complexity index is 830. The maximum Gasteiger partial charge on any atom is 0.246 e. The lowest BCUT2D eigenvalue weighted by atomic mass is 10.2. The highest BCUT2D eigenvalue weighted by atomic mass is 16.5. The third-order valence-electron chi connectivity index (χ3n) is 4.41. The number of carbonyl (C=O) groups excluding carboxylic acids is 1. The Morgan fingerprint density at radius 3 is 2.37 bits per heavy atom. The summed E-state index contributed by atoms with van der Waals surface area (Å²) in [6, 6.07) is 16.3. The fourth-order valence-corrected chi connectivity index (χ4v) is 2.91. The number of hydrogen-bond acceptors (Lipinski definition) is 5. The van der Waals surface area contributed by atoms with Gasteiger partial charge in [0.2, 0.25) is 5.91 Å². The first-order valence-corrected chi connectivity index (χ1v) is 8.76. The van der Waals surface area contributed by atoms with Gasteiger partial charge in [0.25, 0.3) is 0 Å². The average molecular weight is 363 g/mol. The Morgan fingerprint density at radius 2 is 1.74 bits per heavy atom. The third kappa shape index (κ3) is 5.02. The number of ether oxygens (including phenoxy) is 1. The molecule has 0 aromatic heterocycles. The number of anilines is 1. The number of carbonyl (C=O) groups is 1. The molecule has 2 aromatic carbocycles. The Kier molecular flexibility index (Phi) is 5.95. The van der Waals surface area contributed by atoms with E-state index >= 15 is 0 Å². The van der Waals surface area contributed by atoms with Crippen LogP contribution in [0.1, 0.15) is 5.56 Å². The second-order valence-electron chi connectivity index (χ2n) is 6.18. The van der Waals surface area contributed by atoms with Gasteiger partial charge in [-0.15, -0.1) is 0 Å². The second-order valence-corrected chi connectivity index (χ2v) is 6.18. The van der Waals surface area contributed by atoms with Crippen LogP contribution in [-0.2, 0) is 4.79 Å². The molecule has 1 saturated heterocycles. The minimum atomic E-state index is -0.00911. The molecule has 1 aliphatic heterocycles. The number of rotatable bonds is 5. The standard InChI is InChI=1S/C21H21N3O3/c22-11-16-27-20-8-1-17(2-9-20)3-10-21(26)24-14-12-23(13-15-24)18-4-6-19(25)7-5-18/h1-10,25H,12-16H2/b10-3+. The number of amides is 1. The minimum Gasteiger partial charge on any atom is -0.508 e. The Hall–Kier alpha value is -3.46. The molecule has 2 aromatic rings. The van der Waals surface area contributed by atoms with Crippen LogP contribution in [0, 0.1) is 11.3 Å². The zero-order chi connectivity index (χ0) is 19.1. The van der Waals surface area contributed by atoms with Crippen molar-refractivity contribution >= 4 is 17.7 Å². The first kappa shape index (κ1) is 18.3. The molecule has 0 aliphatic carbocycles. The van der Waals surface area contributed by atoms with Crippen LogP contribution in [0.15, 0.2) is 54.6 Å². The van der Waals surface area contributed by atoms with Crippen LogP contribution in [0.5, 0.6) is 11.5 Å². The molecule has 0 spiro atoms. The lowest BCUT2D eigenvalue weighted by molar-refractivity contribution is -0.126. The largest absolute Gasteiger partial charge is 0.508 e. The fourth-order valence-electron chi connectivity index (χ4n) is 2.91. The topological polar surface area (TPSA) is 76.8 Å². The van der Waals surface area contributed by atoms with Gasteiger partial charge in [-0.2, -0.15) is 5.26 Å². The van der Waals surface area contributed by atoms with E-state index in [9.17, 15) is 9.90 Å². The van der Waals surface area contributed by atoms with E-state index in [0.29, 0.717) is 18.8 Å². The lowest BCUT2D eigenvalue weighted by Gasteiger charge is -2.35. The average Bonchev–Trinajstić information content (AvgIpc) is 2.72. The molecule has 6 heteroatoms. The van der Waals surface area contributed by atoms with E-state index < -0.39 is 0 Å². The van der Waals surface area contributed by atoms with E-state index in [1.165, 1.54) is 0 Å². The van der Waals surface area contributed by atoms with Crippen LogP contribution >= 0.6 is 0 Å². The van der Waals surface area contributed by atoms with Crippen LogP contribution in [0.2, 0.25) is 0 Å². The summed E-state index contributed by atoms with van der Waals surface area (Å²) in [5.74, 6) is 0.873. The highest BCUT2D eigenvalue weighted by Crippen LogP contribution is 2.20. The van der Waals surface area contributed by atoms with Crippen molar-refractivity contribution in [1.29, 1.82) is 5.26 Å². The number of nitrogens with zero attached hydrogens (tertiary/aromatic N) is 3. The molecular formula is C21H21N3O3. The SMILES string of the molecule is N#CCOc1ccc(/C=C/C(=O)N2CCN(c3ccc(O)cc3)CC2)cc1. The highest BCUT2D eigenvalue weighted by Gasteiger charge is 2.19.